The molecule has 0 saturated carbocycles. The van der Waals surface area contributed by atoms with Crippen LogP contribution in [0.4, 0.5) is 40.8 Å². The first-order chi connectivity index (χ1) is 20.9. The summed E-state index contributed by atoms with van der Waals surface area (Å²) in [6.07, 6.45) is -11.2. The van der Waals surface area contributed by atoms with Gasteiger partial charge in [-0.1, -0.05) is 22.9 Å². The molecule has 5 aromatic rings. The van der Waals surface area contributed by atoms with Gasteiger partial charge >= 0.3 is 24.2 Å². The number of thiophene rings is 1. The van der Waals surface area contributed by atoms with Crippen LogP contribution in [0.3, 0.4) is 0 Å². The number of anilines is 1. The second-order valence-electron chi connectivity index (χ2n) is 9.29. The average molecular weight is 679 g/mol. The monoisotopic (exact) mass is 678 g/mol. The number of esters is 1. The molecule has 0 fully saturated rings. The fraction of sp³-hybridized carbons (Fsp3) is 0.192. The molecule has 0 bridgehead atoms. The first-order valence-electron chi connectivity index (χ1n) is 12.2. The Hall–Kier alpha value is -4.58. The van der Waals surface area contributed by atoms with Gasteiger partial charge in [-0.25, -0.2) is 14.2 Å². The topological polar surface area (TPSA) is 104 Å². The lowest BCUT2D eigenvalue weighted by Gasteiger charge is -2.19. The Morgan fingerprint density at radius 3 is 2.36 bits per heavy atom. The predicted octanol–water partition coefficient (Wildman–Crippen LogP) is 7.25. The quantitative estimate of drug-likeness (QED) is 0.150. The number of aryl methyl sites for hydroxylation is 1. The number of ether oxygens (including phenoxy) is 1. The molecule has 0 aliphatic carbocycles. The number of aromatic nitrogens is 5. The van der Waals surface area contributed by atoms with Crippen LogP contribution in [0.25, 0.3) is 27.2 Å². The summed E-state index contributed by atoms with van der Waals surface area (Å²) in [6.45, 7) is 0. The number of rotatable bonds is 6. The van der Waals surface area contributed by atoms with E-state index in [1.54, 1.807) is 24.3 Å². The van der Waals surface area contributed by atoms with Crippen molar-refractivity contribution in [2.24, 2.45) is 7.05 Å². The number of alkyl halides is 8. The number of carbonyl (C=O) groups is 2. The van der Waals surface area contributed by atoms with Gasteiger partial charge in [0.25, 0.3) is 5.91 Å². The van der Waals surface area contributed by atoms with Gasteiger partial charge in [-0.2, -0.15) is 40.2 Å². The van der Waals surface area contributed by atoms with E-state index in [-0.39, 0.29) is 26.5 Å². The van der Waals surface area contributed by atoms with Crippen molar-refractivity contribution >= 4 is 50.6 Å². The predicted molar refractivity (Wildman–Crippen MR) is 145 cm³/mol. The zero-order valence-electron chi connectivity index (χ0n) is 22.4. The maximum absolute atomic E-state index is 14.1. The maximum atomic E-state index is 14.1. The van der Waals surface area contributed by atoms with Crippen molar-refractivity contribution in [1.29, 1.82) is 0 Å². The van der Waals surface area contributed by atoms with Crippen LogP contribution in [0.5, 0.6) is 0 Å². The maximum Gasteiger partial charge on any atom is 0.459 e. The molecule has 1 amide bonds. The summed E-state index contributed by atoms with van der Waals surface area (Å²) < 4.78 is 115. The zero-order valence-corrected chi connectivity index (χ0v) is 24.0. The van der Waals surface area contributed by atoms with Crippen LogP contribution in [-0.4, -0.2) is 49.9 Å². The van der Waals surface area contributed by atoms with Crippen LogP contribution in [-0.2, 0) is 23.9 Å². The minimum atomic E-state index is -6.37. The van der Waals surface area contributed by atoms with Crippen LogP contribution in [0, 0.1) is 0 Å². The van der Waals surface area contributed by atoms with Gasteiger partial charge in [-0.15, -0.1) is 16.4 Å². The molecule has 0 unspecified atom stereocenters. The lowest BCUT2D eigenvalue weighted by Crippen LogP contribution is -2.36. The van der Waals surface area contributed by atoms with E-state index in [2.05, 4.69) is 20.7 Å². The van der Waals surface area contributed by atoms with Crippen molar-refractivity contribution in [1.82, 2.24) is 24.8 Å². The third kappa shape index (κ3) is 5.82. The van der Waals surface area contributed by atoms with Crippen molar-refractivity contribution in [3.8, 4) is 17.1 Å². The van der Waals surface area contributed by atoms with Crippen LogP contribution in [0.15, 0.2) is 48.7 Å². The third-order valence-electron chi connectivity index (χ3n) is 6.33. The molecule has 19 heteroatoms. The molecule has 0 atom stereocenters. The highest BCUT2D eigenvalue weighted by Gasteiger charge is 2.64. The van der Waals surface area contributed by atoms with Gasteiger partial charge in [0.15, 0.2) is 11.5 Å². The highest BCUT2D eigenvalue weighted by molar-refractivity contribution is 7.20. The Morgan fingerprint density at radius 2 is 1.71 bits per heavy atom. The Kier molecular flexibility index (Phi) is 7.85. The van der Waals surface area contributed by atoms with Gasteiger partial charge in [0.2, 0.25) is 0 Å². The van der Waals surface area contributed by atoms with Gasteiger partial charge < -0.3 is 10.1 Å². The van der Waals surface area contributed by atoms with E-state index in [9.17, 15) is 44.7 Å². The van der Waals surface area contributed by atoms with Gasteiger partial charge in [-0.3, -0.25) is 4.79 Å². The molecule has 2 aromatic carbocycles. The van der Waals surface area contributed by atoms with Crippen molar-refractivity contribution in [2.75, 3.05) is 12.4 Å². The molecule has 236 valence electrons. The average Bonchev–Trinajstić information content (AvgIpc) is 3.68. The molecule has 3 aromatic heterocycles. The molecule has 0 spiro atoms. The fourth-order valence-corrected chi connectivity index (χ4v) is 5.44. The van der Waals surface area contributed by atoms with Crippen LogP contribution in [0.2, 0.25) is 5.02 Å². The second-order valence-corrected chi connectivity index (χ2v) is 10.8. The largest absolute Gasteiger partial charge is 0.465 e. The van der Waals surface area contributed by atoms with Crippen LogP contribution in [0.1, 0.15) is 31.3 Å². The van der Waals surface area contributed by atoms with E-state index < -0.39 is 47.2 Å². The number of amides is 1. The highest BCUT2D eigenvalue weighted by atomic mass is 35.5. The number of carbonyl (C=O) groups excluding carboxylic acids is 2. The highest BCUT2D eigenvalue weighted by Crippen LogP contribution is 2.49. The SMILES string of the molecule is COC(=O)c1cc2cc(NC(=O)c3cc(-c4cn(-c5c(C(F)(F)F)c(C(F)(F)C(F)(F)F)nn5C)nn4)ccc3Cl)ccc2s1. The normalized spacial score (nSPS) is 12.5. The van der Waals surface area contributed by atoms with E-state index in [1.165, 1.54) is 36.6 Å². The van der Waals surface area contributed by atoms with E-state index >= 15 is 0 Å². The molecule has 3 heterocycles. The summed E-state index contributed by atoms with van der Waals surface area (Å²) >= 11 is 7.40. The van der Waals surface area contributed by atoms with E-state index in [4.69, 9.17) is 16.3 Å². The molecule has 0 aliphatic heterocycles. The second kappa shape index (κ2) is 11.1. The molecular formula is C26H15ClF8N6O3S. The van der Waals surface area contributed by atoms with E-state index in [0.717, 1.165) is 17.9 Å². The summed E-state index contributed by atoms with van der Waals surface area (Å²) in [7, 11) is 1.97. The molecule has 0 aliphatic rings. The molecule has 1 N–H and O–H groups in total. The zero-order chi connectivity index (χ0) is 33.1. The number of hydrogen-bond donors (Lipinski definition) is 1. The first kappa shape index (κ1) is 31.8. The smallest absolute Gasteiger partial charge is 0.459 e. The van der Waals surface area contributed by atoms with Gasteiger partial charge in [0.1, 0.15) is 16.1 Å². The van der Waals surface area contributed by atoms with Crippen LogP contribution < -0.4 is 5.32 Å². The Bertz CT molecular complexity index is 1960. The van der Waals surface area contributed by atoms with Gasteiger partial charge in [0.05, 0.1) is 23.9 Å². The number of methoxy groups -OCH3 is 1. The van der Waals surface area contributed by atoms with E-state index in [1.807, 2.05) is 0 Å². The Labute approximate surface area is 254 Å². The first-order valence-corrected chi connectivity index (χ1v) is 13.4. The molecule has 5 rings (SSSR count). The summed E-state index contributed by atoms with van der Waals surface area (Å²) in [6, 6.07) is 10.3. The number of halogens is 9. The minimum absolute atomic E-state index is 0.0294. The lowest BCUT2D eigenvalue weighted by molar-refractivity contribution is -0.292. The lowest BCUT2D eigenvalue weighted by atomic mass is 10.1. The number of fused-ring (bicyclic) bond motifs is 1. The van der Waals surface area contributed by atoms with Crippen molar-refractivity contribution in [3.05, 3.63) is 75.4 Å². The molecule has 45 heavy (non-hydrogen) atoms. The standard InChI is InChI=1S/C26H15ClF8N6O3S/c1-40-22(19(25(30,31)32)20(38-40)24(28,29)26(33,34)35)41-10-16(37-39-41)11-3-5-15(27)14(8-11)21(42)36-13-4-6-17-12(7-13)9-18(45-17)23(43)44-2/h3-10H,1-2H3,(H,36,42). The fourth-order valence-electron chi connectivity index (χ4n) is 4.27. The number of benzene rings is 2. The van der Waals surface area contributed by atoms with Gasteiger partial charge in [0, 0.05) is 23.0 Å². The number of nitrogens with zero attached hydrogens (tertiary/aromatic N) is 5. The van der Waals surface area contributed by atoms with Crippen molar-refractivity contribution in [3.63, 3.8) is 0 Å². The summed E-state index contributed by atoms with van der Waals surface area (Å²) in [5.41, 5.74) is -4.78. The third-order valence-corrected chi connectivity index (χ3v) is 7.76. The van der Waals surface area contributed by atoms with Gasteiger partial charge in [-0.05, 0) is 41.8 Å². The molecule has 9 nitrogen and oxygen atoms in total. The Morgan fingerprint density at radius 1 is 1.00 bits per heavy atom. The summed E-state index contributed by atoms with van der Waals surface area (Å²) in [5.74, 6) is -8.43. The molecule has 0 saturated heterocycles. The van der Waals surface area contributed by atoms with Crippen molar-refractivity contribution < 1.29 is 49.4 Å². The summed E-state index contributed by atoms with van der Waals surface area (Å²) in [5, 5.41) is 13.3. The van der Waals surface area contributed by atoms with Crippen molar-refractivity contribution in [2.45, 2.75) is 18.3 Å². The Balaban J connectivity index is 1.47. The molecular weight excluding hydrogens is 664 g/mol. The van der Waals surface area contributed by atoms with E-state index in [0.29, 0.717) is 20.6 Å². The number of nitrogens with one attached hydrogen (secondary N) is 1. The molecule has 0 radical (unpaired) electrons. The van der Waals surface area contributed by atoms with Crippen LogP contribution >= 0.6 is 22.9 Å². The number of hydrogen-bond acceptors (Lipinski definition) is 7. The minimum Gasteiger partial charge on any atom is -0.465 e. The summed E-state index contributed by atoms with van der Waals surface area (Å²) in [4.78, 5) is 25.3.